The molecule has 0 saturated heterocycles. The molecule has 0 saturated carbocycles. The van der Waals surface area contributed by atoms with E-state index in [2.05, 4.69) is 36.1 Å². The number of aliphatic hydroxyl groups is 2. The Morgan fingerprint density at radius 3 is 2.89 bits per heavy atom. The van der Waals surface area contributed by atoms with Gasteiger partial charge in [-0.2, -0.15) is 4.68 Å². The SMILES string of the molecule is O=C(/C=C/c1cc(Cl)ccc1-n1cnnn1)N[C@H]1CCCCCNc2ccc(C(O)O)cc2-c2cnc1[nH]2. The van der Waals surface area contributed by atoms with Gasteiger partial charge in [-0.15, -0.1) is 5.10 Å². The number of nitrogens with zero attached hydrogens (tertiary/aromatic N) is 5. The number of carbonyl (C=O) groups excluding carboxylic acids is 1. The fourth-order valence-electron chi connectivity index (χ4n) is 4.43. The number of benzene rings is 2. The number of halogens is 1. The second kappa shape index (κ2) is 11.5. The molecule has 1 aliphatic heterocycles. The molecule has 2 bridgehead atoms. The smallest absolute Gasteiger partial charge is 0.244 e. The summed E-state index contributed by atoms with van der Waals surface area (Å²) in [6.07, 6.45) is 8.26. The van der Waals surface area contributed by atoms with Crippen LogP contribution in [0.1, 0.15) is 55.0 Å². The molecule has 0 spiro atoms. The number of carbonyl (C=O) groups is 1. The quantitative estimate of drug-likeness (QED) is 0.192. The average Bonchev–Trinajstić information content (AvgIpc) is 3.61. The van der Waals surface area contributed by atoms with Crippen LogP contribution in [0.2, 0.25) is 5.02 Å². The molecule has 4 aromatic rings. The zero-order chi connectivity index (χ0) is 26.5. The first-order chi connectivity index (χ1) is 18.5. The maximum absolute atomic E-state index is 13.0. The van der Waals surface area contributed by atoms with E-state index in [1.165, 1.54) is 17.1 Å². The van der Waals surface area contributed by atoms with E-state index in [0.29, 0.717) is 39.8 Å². The van der Waals surface area contributed by atoms with E-state index in [-0.39, 0.29) is 11.9 Å². The number of tetrazole rings is 1. The zero-order valence-corrected chi connectivity index (χ0v) is 21.1. The van der Waals surface area contributed by atoms with Crippen molar-refractivity contribution in [3.05, 3.63) is 77.0 Å². The Hall–Kier alpha value is -4.06. The third kappa shape index (κ3) is 5.91. The minimum Gasteiger partial charge on any atom is -0.384 e. The molecule has 2 aromatic heterocycles. The highest BCUT2D eigenvalue weighted by molar-refractivity contribution is 6.30. The lowest BCUT2D eigenvalue weighted by molar-refractivity contribution is -0.117. The van der Waals surface area contributed by atoms with Crippen LogP contribution in [0.15, 0.2) is 55.0 Å². The highest BCUT2D eigenvalue weighted by atomic mass is 35.5. The van der Waals surface area contributed by atoms with E-state index >= 15 is 0 Å². The van der Waals surface area contributed by atoms with Crippen LogP contribution in [0.4, 0.5) is 5.69 Å². The number of amides is 1. The van der Waals surface area contributed by atoms with Gasteiger partial charge in [0.05, 0.1) is 23.6 Å². The van der Waals surface area contributed by atoms with Gasteiger partial charge in [-0.05, 0) is 59.7 Å². The van der Waals surface area contributed by atoms with Crippen LogP contribution in [0.3, 0.4) is 0 Å². The van der Waals surface area contributed by atoms with Gasteiger partial charge in [0.1, 0.15) is 12.2 Å². The second-order valence-electron chi connectivity index (χ2n) is 8.99. The summed E-state index contributed by atoms with van der Waals surface area (Å²) in [5, 5.41) is 37.6. The van der Waals surface area contributed by atoms with Crippen molar-refractivity contribution < 1.29 is 15.0 Å². The van der Waals surface area contributed by atoms with E-state index in [4.69, 9.17) is 11.6 Å². The molecule has 5 N–H and O–H groups in total. The largest absolute Gasteiger partial charge is 0.384 e. The molecule has 11 nitrogen and oxygen atoms in total. The highest BCUT2D eigenvalue weighted by Crippen LogP contribution is 2.31. The summed E-state index contributed by atoms with van der Waals surface area (Å²) in [6.45, 7) is 0.776. The monoisotopic (exact) mass is 534 g/mol. The molecular formula is C26H27ClN8O3. The molecule has 5 rings (SSSR count). The first-order valence-corrected chi connectivity index (χ1v) is 12.7. The van der Waals surface area contributed by atoms with Crippen LogP contribution in [0.5, 0.6) is 0 Å². The Labute approximate surface area is 223 Å². The van der Waals surface area contributed by atoms with Crippen LogP contribution >= 0.6 is 11.6 Å². The van der Waals surface area contributed by atoms with Crippen molar-refractivity contribution in [2.24, 2.45) is 0 Å². The summed E-state index contributed by atoms with van der Waals surface area (Å²) in [6, 6.07) is 10.1. The lowest BCUT2D eigenvalue weighted by Gasteiger charge is -2.18. The van der Waals surface area contributed by atoms with E-state index in [0.717, 1.165) is 37.1 Å². The van der Waals surface area contributed by atoms with Crippen LogP contribution in [-0.4, -0.2) is 52.8 Å². The first-order valence-electron chi connectivity index (χ1n) is 12.3. The molecule has 0 radical (unpaired) electrons. The Kier molecular flexibility index (Phi) is 7.78. The highest BCUT2D eigenvalue weighted by Gasteiger charge is 2.20. The first kappa shape index (κ1) is 25.6. The number of imidazole rings is 1. The number of aliphatic hydroxyl groups excluding tert-OH is 1. The molecule has 3 heterocycles. The van der Waals surface area contributed by atoms with Crippen LogP contribution in [0, 0.1) is 0 Å². The molecule has 2 aromatic carbocycles. The molecule has 0 unspecified atom stereocenters. The van der Waals surface area contributed by atoms with Gasteiger partial charge in [-0.3, -0.25) is 4.79 Å². The molecule has 196 valence electrons. The number of aromatic amines is 1. The summed E-state index contributed by atoms with van der Waals surface area (Å²) in [7, 11) is 0. The number of anilines is 1. The van der Waals surface area contributed by atoms with Gasteiger partial charge in [-0.1, -0.05) is 30.5 Å². The number of rotatable bonds is 5. The number of nitrogens with one attached hydrogen (secondary N) is 3. The maximum atomic E-state index is 13.0. The van der Waals surface area contributed by atoms with Crippen molar-refractivity contribution in [1.82, 2.24) is 35.5 Å². The Morgan fingerprint density at radius 1 is 1.18 bits per heavy atom. The predicted octanol–water partition coefficient (Wildman–Crippen LogP) is 3.55. The Balaban J connectivity index is 1.39. The minimum atomic E-state index is -1.58. The number of aromatic nitrogens is 6. The lowest BCUT2D eigenvalue weighted by atomic mass is 10.0. The van der Waals surface area contributed by atoms with Crippen molar-refractivity contribution in [2.45, 2.75) is 38.0 Å². The number of hydrogen-bond acceptors (Lipinski definition) is 8. The fourth-order valence-corrected chi connectivity index (χ4v) is 4.61. The number of H-pyrrole nitrogens is 1. The average molecular weight is 535 g/mol. The minimum absolute atomic E-state index is 0.282. The van der Waals surface area contributed by atoms with Crippen molar-refractivity contribution in [2.75, 3.05) is 11.9 Å². The number of hydrogen-bond donors (Lipinski definition) is 5. The molecule has 1 aliphatic rings. The molecule has 0 fully saturated rings. The predicted molar refractivity (Wildman–Crippen MR) is 142 cm³/mol. The van der Waals surface area contributed by atoms with Crippen LogP contribution in [-0.2, 0) is 4.79 Å². The maximum Gasteiger partial charge on any atom is 0.244 e. The molecule has 38 heavy (non-hydrogen) atoms. The zero-order valence-electron chi connectivity index (χ0n) is 20.4. The Bertz CT molecular complexity index is 1430. The lowest BCUT2D eigenvalue weighted by Crippen LogP contribution is -2.27. The molecule has 1 amide bonds. The summed E-state index contributed by atoms with van der Waals surface area (Å²) < 4.78 is 1.50. The normalized spacial score (nSPS) is 15.9. The molecule has 1 atom stereocenters. The van der Waals surface area contributed by atoms with E-state index in [9.17, 15) is 15.0 Å². The van der Waals surface area contributed by atoms with Crippen LogP contribution < -0.4 is 10.6 Å². The van der Waals surface area contributed by atoms with E-state index in [1.54, 1.807) is 42.6 Å². The third-order valence-corrected chi connectivity index (χ3v) is 6.59. The van der Waals surface area contributed by atoms with Crippen molar-refractivity contribution in [3.8, 4) is 16.9 Å². The summed E-state index contributed by atoms with van der Waals surface area (Å²) in [5.74, 6) is 0.343. The number of fused-ring (bicyclic) bond motifs is 4. The van der Waals surface area contributed by atoms with Crippen molar-refractivity contribution in [3.63, 3.8) is 0 Å². The van der Waals surface area contributed by atoms with Crippen LogP contribution in [0.25, 0.3) is 23.0 Å². The van der Waals surface area contributed by atoms with E-state index in [1.807, 2.05) is 6.07 Å². The van der Waals surface area contributed by atoms with Gasteiger partial charge in [0, 0.05) is 40.0 Å². The van der Waals surface area contributed by atoms with Gasteiger partial charge in [0.25, 0.3) is 0 Å². The fraction of sp³-hybridized carbons (Fsp3) is 0.269. The third-order valence-electron chi connectivity index (χ3n) is 6.36. The molecule has 0 aliphatic carbocycles. The molecule has 12 heteroatoms. The van der Waals surface area contributed by atoms with Gasteiger partial charge in [0.15, 0.2) is 6.29 Å². The standard InChI is InChI=1S/C26H27ClN8O3/c27-18-7-9-23(35-15-30-33-34-35)16(12-18)6-10-24(36)31-21-4-2-1-3-11-28-20-8-5-17(26(37)38)13-19(20)22-14-29-25(21)32-22/h5-10,12-15,21,26,28,37-38H,1-4,11H2,(H,29,32)(H,31,36)/b10-6+/t21-/m0/s1. The molecular weight excluding hydrogens is 508 g/mol. The summed E-state index contributed by atoms with van der Waals surface area (Å²) >= 11 is 6.18. The van der Waals surface area contributed by atoms with Gasteiger partial charge in [0.2, 0.25) is 5.91 Å². The summed E-state index contributed by atoms with van der Waals surface area (Å²) in [4.78, 5) is 20.9. The van der Waals surface area contributed by atoms with Crippen molar-refractivity contribution in [1.29, 1.82) is 0 Å². The Morgan fingerprint density at radius 2 is 2.08 bits per heavy atom. The van der Waals surface area contributed by atoms with E-state index < -0.39 is 6.29 Å². The summed E-state index contributed by atoms with van der Waals surface area (Å²) in [5.41, 5.74) is 4.11. The van der Waals surface area contributed by atoms with Gasteiger partial charge < -0.3 is 25.8 Å². The van der Waals surface area contributed by atoms with Gasteiger partial charge >= 0.3 is 0 Å². The second-order valence-corrected chi connectivity index (χ2v) is 9.43. The van der Waals surface area contributed by atoms with Crippen molar-refractivity contribution >= 4 is 29.3 Å². The van der Waals surface area contributed by atoms with Gasteiger partial charge in [-0.25, -0.2) is 4.98 Å². The topological polar surface area (TPSA) is 154 Å².